The topological polar surface area (TPSA) is 119 Å². The van der Waals surface area contributed by atoms with E-state index in [4.69, 9.17) is 16.3 Å². The van der Waals surface area contributed by atoms with Crippen LogP contribution in [0.4, 0.5) is 16.2 Å². The number of nitrogens with one attached hydrogen (secondary N) is 1. The van der Waals surface area contributed by atoms with Gasteiger partial charge in [-0.15, -0.1) is 0 Å². The van der Waals surface area contributed by atoms with E-state index in [1.54, 1.807) is 13.0 Å². The first-order valence-corrected chi connectivity index (χ1v) is 9.79. The molecule has 1 aliphatic rings. The van der Waals surface area contributed by atoms with E-state index in [1.165, 1.54) is 37.5 Å². The monoisotopic (exact) mass is 541 g/mol. The van der Waals surface area contributed by atoms with Crippen LogP contribution in [0.25, 0.3) is 6.08 Å². The largest absolute Gasteiger partial charge is 0.489 e. The number of methoxy groups -OCH3 is 1. The summed E-state index contributed by atoms with van der Waals surface area (Å²) in [5.74, 6) is -1.72. The molecule has 9 nitrogen and oxygen atoms in total. The fourth-order valence-corrected chi connectivity index (χ4v) is 3.83. The van der Waals surface area contributed by atoms with Crippen LogP contribution in [0.5, 0.6) is 5.75 Å². The van der Waals surface area contributed by atoms with Gasteiger partial charge in [-0.1, -0.05) is 17.7 Å². The summed E-state index contributed by atoms with van der Waals surface area (Å²) in [4.78, 5) is 49.0. The van der Waals surface area contributed by atoms with Crippen LogP contribution in [-0.4, -0.2) is 29.9 Å². The van der Waals surface area contributed by atoms with Gasteiger partial charge in [0.1, 0.15) is 5.57 Å². The summed E-state index contributed by atoms with van der Waals surface area (Å²) in [6.45, 7) is 1.76. The zero-order valence-corrected chi connectivity index (χ0v) is 18.5. The fraction of sp³-hybridized carbons (Fsp3) is 0.105. The third kappa shape index (κ3) is 4.00. The second-order valence-corrected chi connectivity index (χ2v) is 7.77. The van der Waals surface area contributed by atoms with Crippen LogP contribution in [0.2, 0.25) is 5.02 Å². The first-order valence-electron chi connectivity index (χ1n) is 8.33. The minimum Gasteiger partial charge on any atom is -0.489 e. The smallest absolute Gasteiger partial charge is 0.335 e. The maximum atomic E-state index is 12.9. The summed E-state index contributed by atoms with van der Waals surface area (Å²) in [6.07, 6.45) is 1.18. The summed E-state index contributed by atoms with van der Waals surface area (Å²) >= 11 is 7.94. The highest BCUT2D eigenvalue weighted by Crippen LogP contribution is 2.34. The van der Waals surface area contributed by atoms with Crippen molar-refractivity contribution >= 4 is 69.5 Å². The van der Waals surface area contributed by atoms with Crippen LogP contribution in [0, 0.1) is 20.6 Å². The number of nitro groups is 1. The number of nitro benzene ring substituents is 1. The number of halogens is 2. The Morgan fingerprint density at radius 1 is 1.23 bits per heavy atom. The maximum absolute atomic E-state index is 12.9. The van der Waals surface area contributed by atoms with E-state index in [0.29, 0.717) is 8.59 Å². The molecule has 2 aromatic carbocycles. The molecule has 1 saturated heterocycles. The number of carbonyl (C=O) groups is 3. The number of nitrogens with zero attached hydrogens (tertiary/aromatic N) is 2. The average molecular weight is 542 g/mol. The molecule has 2 aromatic rings. The van der Waals surface area contributed by atoms with E-state index in [0.717, 1.165) is 10.5 Å². The maximum Gasteiger partial charge on any atom is 0.335 e. The van der Waals surface area contributed by atoms with Crippen molar-refractivity contribution in [1.82, 2.24) is 5.32 Å². The Kier molecular flexibility index (Phi) is 6.08. The van der Waals surface area contributed by atoms with Gasteiger partial charge in [0.25, 0.3) is 11.8 Å². The number of imide groups is 2. The summed E-state index contributed by atoms with van der Waals surface area (Å²) < 4.78 is 5.47. The van der Waals surface area contributed by atoms with Gasteiger partial charge in [-0.25, -0.2) is 9.69 Å². The van der Waals surface area contributed by atoms with Crippen molar-refractivity contribution in [2.24, 2.45) is 0 Å². The number of rotatable bonds is 4. The standard InChI is InChI=1S/C19H13ClIN3O6/c1-9-3-4-11(8-13(9)20)23-18(26)12(17(25)22-19(23)27)5-10-6-14(21)16(30-2)15(7-10)24(28)29/h3-8H,1-2H3,(H,22,25,27)/b12-5-. The van der Waals surface area contributed by atoms with Gasteiger partial charge < -0.3 is 4.74 Å². The summed E-state index contributed by atoms with van der Waals surface area (Å²) in [7, 11) is 1.30. The summed E-state index contributed by atoms with van der Waals surface area (Å²) in [6, 6.07) is 6.36. The molecular weight excluding hydrogens is 529 g/mol. The van der Waals surface area contributed by atoms with E-state index in [1.807, 2.05) is 22.6 Å². The number of urea groups is 1. The molecule has 11 heteroatoms. The van der Waals surface area contributed by atoms with Gasteiger partial charge in [0.2, 0.25) is 5.75 Å². The predicted octanol–water partition coefficient (Wildman–Crippen LogP) is 3.84. The number of carbonyl (C=O) groups excluding carboxylic acids is 3. The Bertz CT molecular complexity index is 1150. The molecule has 0 bridgehead atoms. The number of anilines is 1. The van der Waals surface area contributed by atoms with Gasteiger partial charge in [0.05, 0.1) is 21.3 Å². The number of amides is 4. The molecule has 1 fully saturated rings. The van der Waals surface area contributed by atoms with Gasteiger partial charge in [-0.2, -0.15) is 0 Å². The van der Waals surface area contributed by atoms with Gasteiger partial charge >= 0.3 is 11.7 Å². The van der Waals surface area contributed by atoms with E-state index in [9.17, 15) is 24.5 Å². The molecule has 0 atom stereocenters. The number of aryl methyl sites for hydroxylation is 1. The number of barbiturate groups is 1. The SMILES string of the molecule is COc1c(I)cc(/C=C2/C(=O)NC(=O)N(c3ccc(C)c(Cl)c3)C2=O)cc1[N+](=O)[O-]. The van der Waals surface area contributed by atoms with Crippen LogP contribution in [0.3, 0.4) is 0 Å². The summed E-state index contributed by atoms with van der Waals surface area (Å²) in [5.41, 5.74) is 0.473. The molecule has 0 saturated carbocycles. The Morgan fingerprint density at radius 2 is 1.93 bits per heavy atom. The lowest BCUT2D eigenvalue weighted by molar-refractivity contribution is -0.385. The van der Waals surface area contributed by atoms with Crippen LogP contribution in [0.15, 0.2) is 35.9 Å². The quantitative estimate of drug-likeness (QED) is 0.207. The highest BCUT2D eigenvalue weighted by molar-refractivity contribution is 14.1. The molecule has 0 unspecified atom stereocenters. The number of ether oxygens (including phenoxy) is 1. The minimum absolute atomic E-state index is 0.0632. The molecule has 1 heterocycles. The highest BCUT2D eigenvalue weighted by atomic mass is 127. The number of hydrogen-bond donors (Lipinski definition) is 1. The predicted molar refractivity (Wildman–Crippen MR) is 118 cm³/mol. The molecular formula is C19H13ClIN3O6. The van der Waals surface area contributed by atoms with E-state index in [-0.39, 0.29) is 28.3 Å². The lowest BCUT2D eigenvalue weighted by Crippen LogP contribution is -2.54. The van der Waals surface area contributed by atoms with Gasteiger partial charge in [-0.3, -0.25) is 25.0 Å². The zero-order chi connectivity index (χ0) is 22.2. The second kappa shape index (κ2) is 8.40. The molecule has 1 N–H and O–H groups in total. The molecule has 1 aliphatic heterocycles. The highest BCUT2D eigenvalue weighted by Gasteiger charge is 2.37. The molecule has 3 rings (SSSR count). The minimum atomic E-state index is -0.919. The zero-order valence-electron chi connectivity index (χ0n) is 15.6. The second-order valence-electron chi connectivity index (χ2n) is 6.20. The molecule has 30 heavy (non-hydrogen) atoms. The summed E-state index contributed by atoms with van der Waals surface area (Å²) in [5, 5.41) is 13.8. The van der Waals surface area contributed by atoms with Gasteiger partial charge in [0, 0.05) is 11.1 Å². The van der Waals surface area contributed by atoms with Crippen LogP contribution >= 0.6 is 34.2 Å². The molecule has 154 valence electrons. The van der Waals surface area contributed by atoms with Gasteiger partial charge in [-0.05, 0) is 64.9 Å². The van der Waals surface area contributed by atoms with Crippen LogP contribution in [-0.2, 0) is 9.59 Å². The van der Waals surface area contributed by atoms with Crippen molar-refractivity contribution in [3.63, 3.8) is 0 Å². The Morgan fingerprint density at radius 3 is 2.53 bits per heavy atom. The van der Waals surface area contributed by atoms with E-state index in [2.05, 4.69) is 5.32 Å². The third-order valence-electron chi connectivity index (χ3n) is 4.27. The molecule has 4 amide bonds. The molecule has 0 spiro atoms. The molecule has 0 aliphatic carbocycles. The first kappa shape index (κ1) is 21.7. The lowest BCUT2D eigenvalue weighted by Gasteiger charge is -2.26. The van der Waals surface area contributed by atoms with Crippen molar-refractivity contribution in [3.05, 3.63) is 65.7 Å². The number of hydrogen-bond acceptors (Lipinski definition) is 6. The van der Waals surface area contributed by atoms with Crippen molar-refractivity contribution in [2.75, 3.05) is 12.0 Å². The molecule has 0 radical (unpaired) electrons. The molecule has 0 aromatic heterocycles. The van der Waals surface area contributed by atoms with Crippen LogP contribution in [0.1, 0.15) is 11.1 Å². The van der Waals surface area contributed by atoms with E-state index >= 15 is 0 Å². The first-order chi connectivity index (χ1) is 14.1. The lowest BCUT2D eigenvalue weighted by atomic mass is 10.1. The Balaban J connectivity index is 2.09. The third-order valence-corrected chi connectivity index (χ3v) is 5.48. The number of benzene rings is 2. The average Bonchev–Trinajstić information content (AvgIpc) is 2.67. The van der Waals surface area contributed by atoms with Crippen molar-refractivity contribution < 1.29 is 24.0 Å². The fourth-order valence-electron chi connectivity index (χ4n) is 2.80. The van der Waals surface area contributed by atoms with Gasteiger partial charge in [0.15, 0.2) is 0 Å². The van der Waals surface area contributed by atoms with Crippen LogP contribution < -0.4 is 15.0 Å². The Labute approximate surface area is 188 Å². The van der Waals surface area contributed by atoms with Crippen molar-refractivity contribution in [3.8, 4) is 5.75 Å². The normalized spacial score (nSPS) is 15.4. The Hall–Kier alpha value is -2.99. The van der Waals surface area contributed by atoms with Crippen molar-refractivity contribution in [2.45, 2.75) is 6.92 Å². The van der Waals surface area contributed by atoms with E-state index < -0.39 is 22.8 Å². The van der Waals surface area contributed by atoms with Crippen molar-refractivity contribution in [1.29, 1.82) is 0 Å².